The number of nitrogens with zero attached hydrogens (tertiary/aromatic N) is 4. The van der Waals surface area contributed by atoms with Gasteiger partial charge in [0.25, 0.3) is 5.91 Å². The molecule has 32 heavy (non-hydrogen) atoms. The molecule has 1 aromatic heterocycles. The Kier molecular flexibility index (Phi) is 6.61. The van der Waals surface area contributed by atoms with Gasteiger partial charge in [-0.3, -0.25) is 4.79 Å². The topological polar surface area (TPSA) is 61.4 Å². The number of nitrogens with one attached hydrogen (secondary N) is 1. The largest absolute Gasteiger partial charge is 0.369 e. The summed E-state index contributed by atoms with van der Waals surface area (Å²) in [6, 6.07) is 21.8. The Morgan fingerprint density at radius 1 is 0.906 bits per heavy atom. The third-order valence-corrected chi connectivity index (χ3v) is 5.45. The molecule has 4 aromatic rings. The van der Waals surface area contributed by atoms with Gasteiger partial charge in [0, 0.05) is 24.5 Å². The lowest BCUT2D eigenvalue weighted by molar-refractivity contribution is 0.0782. The molecule has 3 aromatic carbocycles. The summed E-state index contributed by atoms with van der Waals surface area (Å²) >= 11 is 0. The predicted molar refractivity (Wildman–Crippen MR) is 131 cm³/mol. The average Bonchev–Trinajstić information content (AvgIpc) is 2.80. The molecular formula is C26H29N5O. The summed E-state index contributed by atoms with van der Waals surface area (Å²) in [5.41, 5.74) is 1.54. The van der Waals surface area contributed by atoms with Crippen molar-refractivity contribution in [1.82, 2.24) is 19.8 Å². The molecule has 1 heterocycles. The van der Waals surface area contributed by atoms with E-state index in [9.17, 15) is 4.79 Å². The van der Waals surface area contributed by atoms with E-state index in [1.807, 2.05) is 66.7 Å². The van der Waals surface area contributed by atoms with Crippen molar-refractivity contribution >= 4 is 33.4 Å². The summed E-state index contributed by atoms with van der Waals surface area (Å²) < 4.78 is 0. The van der Waals surface area contributed by atoms with E-state index in [1.165, 1.54) is 0 Å². The Morgan fingerprint density at radius 2 is 1.66 bits per heavy atom. The van der Waals surface area contributed by atoms with Gasteiger partial charge < -0.3 is 15.1 Å². The smallest absolute Gasteiger partial charge is 0.254 e. The Hall–Kier alpha value is -3.51. The van der Waals surface area contributed by atoms with Gasteiger partial charge >= 0.3 is 0 Å². The number of carbonyl (C=O) groups is 1. The molecule has 0 aliphatic carbocycles. The average molecular weight is 428 g/mol. The first-order chi connectivity index (χ1) is 15.5. The molecule has 6 heteroatoms. The molecule has 0 unspecified atom stereocenters. The van der Waals surface area contributed by atoms with Crippen LogP contribution in [0.25, 0.3) is 21.7 Å². The highest BCUT2D eigenvalue weighted by atomic mass is 16.2. The molecule has 6 nitrogen and oxygen atoms in total. The Balaban J connectivity index is 1.53. The van der Waals surface area contributed by atoms with E-state index in [-0.39, 0.29) is 5.91 Å². The van der Waals surface area contributed by atoms with E-state index in [2.05, 4.69) is 24.3 Å². The van der Waals surface area contributed by atoms with Gasteiger partial charge in [0.15, 0.2) is 5.82 Å². The van der Waals surface area contributed by atoms with Crippen LogP contribution in [0.5, 0.6) is 0 Å². The first-order valence-electron chi connectivity index (χ1n) is 10.9. The maximum atomic E-state index is 13.1. The van der Waals surface area contributed by atoms with Gasteiger partial charge in [-0.1, -0.05) is 42.5 Å². The molecule has 0 bridgehead atoms. The minimum Gasteiger partial charge on any atom is -0.369 e. The molecule has 1 N–H and O–H groups in total. The van der Waals surface area contributed by atoms with Crippen molar-refractivity contribution in [2.45, 2.75) is 13.0 Å². The van der Waals surface area contributed by atoms with Crippen LogP contribution in [0.1, 0.15) is 22.6 Å². The first kappa shape index (κ1) is 21.7. The van der Waals surface area contributed by atoms with Crippen molar-refractivity contribution in [2.24, 2.45) is 0 Å². The fourth-order valence-electron chi connectivity index (χ4n) is 3.76. The second-order valence-electron chi connectivity index (χ2n) is 8.31. The molecule has 0 spiro atoms. The lowest BCUT2D eigenvalue weighted by Crippen LogP contribution is -2.27. The number of rotatable bonds is 8. The number of aromatic nitrogens is 2. The van der Waals surface area contributed by atoms with E-state index in [0.717, 1.165) is 47.0 Å². The van der Waals surface area contributed by atoms with E-state index in [1.54, 1.807) is 11.9 Å². The molecule has 0 saturated heterocycles. The minimum absolute atomic E-state index is 0.0481. The highest BCUT2D eigenvalue weighted by molar-refractivity contribution is 5.98. The number of benzene rings is 3. The van der Waals surface area contributed by atoms with Gasteiger partial charge in [0.1, 0.15) is 5.82 Å². The highest BCUT2D eigenvalue weighted by Gasteiger charge is 2.15. The first-order valence-corrected chi connectivity index (χ1v) is 10.9. The van der Waals surface area contributed by atoms with Gasteiger partial charge in [0.2, 0.25) is 0 Å². The fraction of sp³-hybridized carbons (Fsp3) is 0.269. The standard InChI is InChI=1S/C26H29N5O/c1-30(2)16-8-15-27-25-22-11-6-7-12-23(22)28-24(29-25)18-31(3)26(32)21-14-13-19-9-4-5-10-20(19)17-21/h4-7,9-14,17H,8,15-16,18H2,1-3H3,(H,27,28,29). The third-order valence-electron chi connectivity index (χ3n) is 5.45. The summed E-state index contributed by atoms with van der Waals surface area (Å²) in [5, 5.41) is 6.62. The number of carbonyl (C=O) groups excluding carboxylic acids is 1. The van der Waals surface area contributed by atoms with Gasteiger partial charge in [-0.2, -0.15) is 0 Å². The number of hydrogen-bond donors (Lipinski definition) is 1. The van der Waals surface area contributed by atoms with Gasteiger partial charge in [-0.15, -0.1) is 0 Å². The minimum atomic E-state index is -0.0481. The summed E-state index contributed by atoms with van der Waals surface area (Å²) in [4.78, 5) is 26.4. The van der Waals surface area contributed by atoms with Crippen molar-refractivity contribution in [3.8, 4) is 0 Å². The second-order valence-corrected chi connectivity index (χ2v) is 8.31. The van der Waals surface area contributed by atoms with Gasteiger partial charge in [-0.25, -0.2) is 9.97 Å². The third kappa shape index (κ3) is 5.03. The normalized spacial score (nSPS) is 11.2. The predicted octanol–water partition coefficient (Wildman–Crippen LogP) is 4.42. The van der Waals surface area contributed by atoms with Crippen LogP contribution in [0, 0.1) is 0 Å². The number of hydrogen-bond acceptors (Lipinski definition) is 5. The molecule has 0 aliphatic rings. The number of fused-ring (bicyclic) bond motifs is 2. The van der Waals surface area contributed by atoms with Crippen molar-refractivity contribution in [2.75, 3.05) is 39.5 Å². The van der Waals surface area contributed by atoms with Crippen LogP contribution in [0.3, 0.4) is 0 Å². The van der Waals surface area contributed by atoms with E-state index in [0.29, 0.717) is 17.9 Å². The summed E-state index contributed by atoms with van der Waals surface area (Å²) in [5.74, 6) is 1.39. The summed E-state index contributed by atoms with van der Waals surface area (Å²) in [7, 11) is 5.93. The zero-order valence-electron chi connectivity index (χ0n) is 18.9. The zero-order chi connectivity index (χ0) is 22.5. The summed E-state index contributed by atoms with van der Waals surface area (Å²) in [6.45, 7) is 2.17. The van der Waals surface area contributed by atoms with Crippen molar-refractivity contribution in [3.05, 3.63) is 78.1 Å². The van der Waals surface area contributed by atoms with Crippen LogP contribution in [-0.2, 0) is 6.54 Å². The monoisotopic (exact) mass is 427 g/mol. The quantitative estimate of drug-likeness (QED) is 0.422. The summed E-state index contributed by atoms with van der Waals surface area (Å²) in [6.07, 6.45) is 1.01. The maximum Gasteiger partial charge on any atom is 0.254 e. The molecule has 0 radical (unpaired) electrons. The zero-order valence-corrected chi connectivity index (χ0v) is 18.9. The molecule has 0 atom stereocenters. The molecule has 164 valence electrons. The van der Waals surface area contributed by atoms with Crippen molar-refractivity contribution in [3.63, 3.8) is 0 Å². The van der Waals surface area contributed by atoms with E-state index >= 15 is 0 Å². The lowest BCUT2D eigenvalue weighted by Gasteiger charge is -2.18. The molecule has 0 saturated carbocycles. The Labute approximate surface area is 188 Å². The van der Waals surface area contributed by atoms with Crippen LogP contribution in [0.2, 0.25) is 0 Å². The molecule has 1 amide bonds. The van der Waals surface area contributed by atoms with Crippen LogP contribution < -0.4 is 5.32 Å². The highest BCUT2D eigenvalue weighted by Crippen LogP contribution is 2.21. The lowest BCUT2D eigenvalue weighted by atomic mass is 10.1. The molecular weight excluding hydrogens is 398 g/mol. The van der Waals surface area contributed by atoms with Gasteiger partial charge in [0.05, 0.1) is 12.1 Å². The molecule has 0 aliphatic heterocycles. The number of anilines is 1. The fourth-order valence-corrected chi connectivity index (χ4v) is 3.76. The van der Waals surface area contributed by atoms with Crippen molar-refractivity contribution < 1.29 is 4.79 Å². The molecule has 4 rings (SSSR count). The second kappa shape index (κ2) is 9.75. The van der Waals surface area contributed by atoms with Gasteiger partial charge in [-0.05, 0) is 62.1 Å². The Morgan fingerprint density at radius 3 is 2.47 bits per heavy atom. The number of para-hydroxylation sites is 1. The van der Waals surface area contributed by atoms with E-state index in [4.69, 9.17) is 9.97 Å². The SMILES string of the molecule is CN(C)CCCNc1nc(CN(C)C(=O)c2ccc3ccccc3c2)nc2ccccc12. The van der Waals surface area contributed by atoms with Crippen LogP contribution >= 0.6 is 0 Å². The maximum absolute atomic E-state index is 13.1. The van der Waals surface area contributed by atoms with Crippen LogP contribution in [0.4, 0.5) is 5.82 Å². The Bertz CT molecular complexity index is 1240. The number of amides is 1. The van der Waals surface area contributed by atoms with Crippen molar-refractivity contribution in [1.29, 1.82) is 0 Å². The van der Waals surface area contributed by atoms with Crippen LogP contribution in [0.15, 0.2) is 66.7 Å². The van der Waals surface area contributed by atoms with E-state index < -0.39 is 0 Å². The molecule has 0 fully saturated rings. The van der Waals surface area contributed by atoms with Crippen LogP contribution in [-0.4, -0.2) is 59.9 Å².